The molecule has 0 saturated heterocycles. The molecule has 2 aliphatic heterocycles. The van der Waals surface area contributed by atoms with E-state index in [1.165, 1.54) is 36.4 Å². The van der Waals surface area contributed by atoms with Crippen LogP contribution in [0.15, 0.2) is 93.4 Å². The van der Waals surface area contributed by atoms with Gasteiger partial charge in [0.2, 0.25) is 5.69 Å². The van der Waals surface area contributed by atoms with Crippen molar-refractivity contribution in [3.8, 4) is 5.75 Å². The quantitative estimate of drug-likeness (QED) is 0.0418. The number of halogens is 3. The Morgan fingerprint density at radius 2 is 1.39 bits per heavy atom. The molecule has 3 aliphatic rings. The monoisotopic (exact) mass is 1080 g/mol. The number of hydrogen-bond donors (Lipinski definition) is 3. The molecule has 2 heterocycles. The molecular weight excluding hydrogens is 1020 g/mol. The Labute approximate surface area is 436 Å². The van der Waals surface area contributed by atoms with Crippen LogP contribution in [-0.2, 0) is 51.3 Å². The van der Waals surface area contributed by atoms with E-state index in [0.717, 1.165) is 0 Å². The van der Waals surface area contributed by atoms with Crippen LogP contribution in [0.4, 0.5) is 24.5 Å². The Bertz CT molecular complexity index is 3200. The third kappa shape index (κ3) is 13.4. The molecule has 0 bridgehead atoms. The summed E-state index contributed by atoms with van der Waals surface area (Å²) in [6.07, 6.45) is 9.39. The summed E-state index contributed by atoms with van der Waals surface area (Å²) in [6, 6.07) is 8.54. The number of allylic oxidation sites excluding steroid dienone is 8. The van der Waals surface area contributed by atoms with Gasteiger partial charge in [0.15, 0.2) is 23.1 Å². The van der Waals surface area contributed by atoms with Gasteiger partial charge in [-0.15, -0.1) is 0 Å². The maximum absolute atomic E-state index is 17.0. The molecule has 71 heavy (non-hydrogen) atoms. The maximum atomic E-state index is 17.0. The van der Waals surface area contributed by atoms with Gasteiger partial charge in [-0.05, 0) is 117 Å². The summed E-state index contributed by atoms with van der Waals surface area (Å²) in [6.45, 7) is 9.33. The van der Waals surface area contributed by atoms with Crippen molar-refractivity contribution >= 4 is 92.7 Å². The van der Waals surface area contributed by atoms with Gasteiger partial charge >= 0.3 is 29.6 Å². The van der Waals surface area contributed by atoms with E-state index in [1.54, 1.807) is 52.0 Å². The topological polar surface area (TPSA) is 236 Å². The molecule has 0 aromatic heterocycles. The Morgan fingerprint density at radius 3 is 2.01 bits per heavy atom. The van der Waals surface area contributed by atoms with Gasteiger partial charge in [0.25, 0.3) is 30.4 Å². The molecule has 15 nitrogen and oxygen atoms in total. The Kier molecular flexibility index (Phi) is 18.4. The number of fused-ring (bicyclic) bond motifs is 2. The van der Waals surface area contributed by atoms with Crippen LogP contribution < -0.4 is 9.64 Å². The van der Waals surface area contributed by atoms with E-state index in [2.05, 4.69) is 0 Å². The van der Waals surface area contributed by atoms with Crippen LogP contribution in [0.5, 0.6) is 5.75 Å². The molecule has 3 N–H and O–H groups in total. The standard InChI is InChI=1S/C48H57F3N2O13S4.Na.H/c1-6-7-25-66-46-38(50)30-37(49)44(45(46)51)43-31(15-21-41-47(2,3)35-28-33(69(60,61)62)17-19-39(35)52(41)23-8-10-26-67(54,55)56)13-12-14-32(43)16-22-42-48(4,5)36-29-34(70(63,64)65)18-20-40(36)53(42)24-9-11-27-68(57,58)59;;/h15-22,28-30H,6-14,23-27H2,1-5H3,(H3-,54,55,56,57,58,59,60,61,62,63,64,65);;. The van der Waals surface area contributed by atoms with Crippen molar-refractivity contribution in [2.24, 2.45) is 0 Å². The van der Waals surface area contributed by atoms with Gasteiger partial charge in [0, 0.05) is 53.5 Å². The Balaban J connectivity index is 0.00000937. The molecule has 0 atom stereocenters. The molecule has 0 fully saturated rings. The molecule has 3 aromatic rings. The number of rotatable bonds is 20. The summed E-state index contributed by atoms with van der Waals surface area (Å²) >= 11 is 0. The second-order valence-corrected chi connectivity index (χ2v) is 24.5. The van der Waals surface area contributed by atoms with E-state index in [0.29, 0.717) is 70.4 Å². The Hall–Kier alpha value is -3.68. The molecule has 0 radical (unpaired) electrons. The first kappa shape index (κ1) is 58.2. The van der Waals surface area contributed by atoms with Gasteiger partial charge in [-0.25, -0.2) is 21.6 Å². The number of unbranched alkanes of at least 4 members (excludes halogenated alkanes) is 3. The van der Waals surface area contributed by atoms with Crippen LogP contribution >= 0.6 is 0 Å². The predicted octanol–water partition coefficient (Wildman–Crippen LogP) is 8.30. The average Bonchev–Trinajstić information content (AvgIpc) is 3.59. The minimum atomic E-state index is -4.89. The van der Waals surface area contributed by atoms with Crippen molar-refractivity contribution in [3.63, 3.8) is 0 Å². The predicted molar refractivity (Wildman–Crippen MR) is 265 cm³/mol. The van der Waals surface area contributed by atoms with Crippen molar-refractivity contribution in [1.29, 1.82) is 0 Å². The van der Waals surface area contributed by atoms with Gasteiger partial charge in [-0.2, -0.15) is 29.8 Å². The van der Waals surface area contributed by atoms with Gasteiger partial charge < -0.3 is 14.2 Å². The fourth-order valence-electron chi connectivity index (χ4n) is 9.41. The minimum absolute atomic E-state index is 0. The van der Waals surface area contributed by atoms with Crippen molar-refractivity contribution in [3.05, 3.63) is 118 Å². The van der Waals surface area contributed by atoms with Gasteiger partial charge in [-0.3, -0.25) is 13.7 Å². The van der Waals surface area contributed by atoms with Crippen LogP contribution in [0, 0.1) is 17.5 Å². The third-order valence-electron chi connectivity index (χ3n) is 12.9. The van der Waals surface area contributed by atoms with Crippen molar-refractivity contribution in [1.82, 2.24) is 0 Å². The molecule has 0 saturated carbocycles. The SMILES string of the molecule is CCCCOc1c(F)cc(F)c(C2=C(C=CC3=[N+](CCCCS(=O)(=O)O)c4ccc(S(=O)(=O)[O-])cc4C3(C)C)CCCC2=CC=C2N(CCCCS(=O)(=O)O)c3ccc(S(=O)(=O)O)cc3C2(C)C)c1F.[NaH]. The second-order valence-electron chi connectivity index (χ2n) is 18.6. The molecule has 384 valence electrons. The van der Waals surface area contributed by atoms with E-state index < -0.39 is 96.5 Å². The second kappa shape index (κ2) is 22.4. The zero-order valence-electron chi connectivity index (χ0n) is 39.3. The van der Waals surface area contributed by atoms with Gasteiger partial charge in [0.05, 0.1) is 38.9 Å². The van der Waals surface area contributed by atoms with E-state index in [-0.39, 0.29) is 98.2 Å². The number of nitrogens with zero attached hydrogens (tertiary/aromatic N) is 2. The molecule has 3 aromatic carbocycles. The zero-order valence-corrected chi connectivity index (χ0v) is 42.6. The van der Waals surface area contributed by atoms with Crippen LogP contribution in [0.3, 0.4) is 0 Å². The first-order chi connectivity index (χ1) is 32.5. The summed E-state index contributed by atoms with van der Waals surface area (Å²) in [7, 11) is -18.1. The van der Waals surface area contributed by atoms with E-state index in [9.17, 15) is 51.9 Å². The molecule has 0 spiro atoms. The molecular formula is C48H58F3N2NaO13S4. The summed E-state index contributed by atoms with van der Waals surface area (Å²) < 4.78 is 192. The summed E-state index contributed by atoms with van der Waals surface area (Å²) in [5.74, 6) is -5.56. The average molecular weight is 1080 g/mol. The molecule has 0 amide bonds. The number of benzene rings is 3. The third-order valence-corrected chi connectivity index (χ3v) is 16.2. The number of ether oxygens (including phenoxy) is 1. The first-order valence-electron chi connectivity index (χ1n) is 22.7. The molecule has 23 heteroatoms. The van der Waals surface area contributed by atoms with Crippen LogP contribution in [0.1, 0.15) is 109 Å². The molecule has 1 aliphatic carbocycles. The fraction of sp³-hybridized carbons (Fsp3) is 0.438. The van der Waals surface area contributed by atoms with Gasteiger partial charge in [0.1, 0.15) is 22.5 Å². The van der Waals surface area contributed by atoms with E-state index in [1.807, 2.05) is 16.4 Å². The number of anilines is 1. The van der Waals surface area contributed by atoms with Crippen molar-refractivity contribution in [2.75, 3.05) is 36.1 Å². The zero-order chi connectivity index (χ0) is 51.8. The first-order valence-corrected chi connectivity index (χ1v) is 28.7. The van der Waals surface area contributed by atoms with E-state index >= 15 is 13.2 Å². The summed E-state index contributed by atoms with van der Waals surface area (Å²) in [4.78, 5) is 0.998. The molecule has 6 rings (SSSR count). The van der Waals surface area contributed by atoms with Crippen LogP contribution in [-0.4, -0.2) is 123 Å². The molecule has 0 unspecified atom stereocenters. The van der Waals surface area contributed by atoms with Crippen LogP contribution in [0.2, 0.25) is 0 Å². The van der Waals surface area contributed by atoms with E-state index in [4.69, 9.17) is 4.74 Å². The van der Waals surface area contributed by atoms with Gasteiger partial charge in [-0.1, -0.05) is 39.3 Å². The summed E-state index contributed by atoms with van der Waals surface area (Å²) in [5, 5.41) is 0. The van der Waals surface area contributed by atoms with Crippen molar-refractivity contribution < 1.29 is 74.4 Å². The fourth-order valence-corrected chi connectivity index (χ4v) is 11.5. The van der Waals surface area contributed by atoms with Crippen LogP contribution in [0.25, 0.3) is 5.57 Å². The summed E-state index contributed by atoms with van der Waals surface area (Å²) in [5.41, 5.74) is 1.44. The van der Waals surface area contributed by atoms with Crippen molar-refractivity contribution in [2.45, 2.75) is 113 Å². The normalized spacial score (nSPS) is 18.2. The number of hydrogen-bond acceptors (Lipinski definition) is 11. The Morgan fingerprint density at radius 1 is 0.761 bits per heavy atom.